The van der Waals surface area contributed by atoms with Crippen molar-refractivity contribution in [3.05, 3.63) is 0 Å². The van der Waals surface area contributed by atoms with Crippen LogP contribution in [0.15, 0.2) is 0 Å². The van der Waals surface area contributed by atoms with E-state index in [1.54, 1.807) is 0 Å². The number of piperidine rings is 1. The summed E-state index contributed by atoms with van der Waals surface area (Å²) in [5, 5.41) is 9.19. The smallest absolute Gasteiger partial charge is 0.307 e. The summed E-state index contributed by atoms with van der Waals surface area (Å²) in [6.45, 7) is 7.73. The van der Waals surface area contributed by atoms with E-state index in [9.17, 15) is 9.90 Å². The van der Waals surface area contributed by atoms with Crippen LogP contribution in [0.2, 0.25) is 0 Å². The van der Waals surface area contributed by atoms with E-state index in [2.05, 4.69) is 16.7 Å². The second kappa shape index (κ2) is 7.25. The van der Waals surface area contributed by atoms with Gasteiger partial charge in [0.05, 0.1) is 5.92 Å². The zero-order valence-corrected chi connectivity index (χ0v) is 12.2. The van der Waals surface area contributed by atoms with Gasteiger partial charge in [-0.15, -0.1) is 0 Å². The summed E-state index contributed by atoms with van der Waals surface area (Å²) in [6, 6.07) is 0.615. The van der Waals surface area contributed by atoms with Gasteiger partial charge in [0.25, 0.3) is 0 Å². The van der Waals surface area contributed by atoms with Crippen LogP contribution in [-0.4, -0.2) is 59.6 Å². The molecular formula is C15H28N2O2. The number of carbonyl (C=O) groups is 1. The van der Waals surface area contributed by atoms with Crippen LogP contribution in [0.4, 0.5) is 0 Å². The Morgan fingerprint density at radius 1 is 1.16 bits per heavy atom. The molecular weight excluding hydrogens is 240 g/mol. The predicted octanol–water partition coefficient (Wildman–Crippen LogP) is 2.05. The van der Waals surface area contributed by atoms with Crippen molar-refractivity contribution in [3.63, 3.8) is 0 Å². The van der Waals surface area contributed by atoms with Crippen LogP contribution in [0, 0.1) is 5.92 Å². The molecule has 19 heavy (non-hydrogen) atoms. The normalized spacial score (nSPS) is 31.0. The van der Waals surface area contributed by atoms with E-state index < -0.39 is 5.97 Å². The monoisotopic (exact) mass is 268 g/mol. The molecule has 2 saturated heterocycles. The minimum Gasteiger partial charge on any atom is -0.481 e. The van der Waals surface area contributed by atoms with E-state index >= 15 is 0 Å². The Hall–Kier alpha value is -0.610. The fraction of sp³-hybridized carbons (Fsp3) is 0.933. The number of nitrogens with zero attached hydrogens (tertiary/aromatic N) is 2. The number of likely N-dealkylation sites (tertiary alicyclic amines) is 2. The van der Waals surface area contributed by atoms with Crippen molar-refractivity contribution < 1.29 is 9.90 Å². The minimum absolute atomic E-state index is 0.135. The molecule has 0 aromatic carbocycles. The van der Waals surface area contributed by atoms with Crippen LogP contribution < -0.4 is 0 Å². The lowest BCUT2D eigenvalue weighted by Gasteiger charge is -2.36. The number of aliphatic carboxylic acids is 1. The summed E-state index contributed by atoms with van der Waals surface area (Å²) < 4.78 is 0. The van der Waals surface area contributed by atoms with Gasteiger partial charge in [-0.1, -0.05) is 6.92 Å². The van der Waals surface area contributed by atoms with E-state index in [4.69, 9.17) is 0 Å². The van der Waals surface area contributed by atoms with Crippen molar-refractivity contribution >= 4 is 5.97 Å². The molecule has 0 bridgehead atoms. The summed E-state index contributed by atoms with van der Waals surface area (Å²) in [6.07, 6.45) is 6.86. The van der Waals surface area contributed by atoms with Gasteiger partial charge >= 0.3 is 5.97 Å². The summed E-state index contributed by atoms with van der Waals surface area (Å²) >= 11 is 0. The number of carboxylic acid groups (broad SMARTS) is 1. The van der Waals surface area contributed by atoms with Gasteiger partial charge in [-0.2, -0.15) is 0 Å². The molecule has 2 atom stereocenters. The minimum atomic E-state index is -0.606. The molecule has 2 fully saturated rings. The van der Waals surface area contributed by atoms with Crippen LogP contribution in [-0.2, 0) is 4.79 Å². The summed E-state index contributed by atoms with van der Waals surface area (Å²) in [5.74, 6) is -0.741. The quantitative estimate of drug-likeness (QED) is 0.847. The Morgan fingerprint density at radius 3 is 2.68 bits per heavy atom. The van der Waals surface area contributed by atoms with Gasteiger partial charge in [0, 0.05) is 12.6 Å². The van der Waals surface area contributed by atoms with Crippen molar-refractivity contribution in [2.24, 2.45) is 5.92 Å². The van der Waals surface area contributed by atoms with Crippen LogP contribution in [0.1, 0.15) is 45.4 Å². The summed E-state index contributed by atoms with van der Waals surface area (Å²) in [4.78, 5) is 16.2. The van der Waals surface area contributed by atoms with E-state index in [-0.39, 0.29) is 5.92 Å². The largest absolute Gasteiger partial charge is 0.481 e. The lowest BCUT2D eigenvalue weighted by atomic mass is 9.95. The zero-order valence-electron chi connectivity index (χ0n) is 12.2. The first-order chi connectivity index (χ1) is 9.20. The first kappa shape index (κ1) is 14.8. The van der Waals surface area contributed by atoms with Gasteiger partial charge in [0.15, 0.2) is 0 Å². The Labute approximate surface area is 116 Å². The summed E-state index contributed by atoms with van der Waals surface area (Å²) in [5.41, 5.74) is 0. The van der Waals surface area contributed by atoms with Crippen molar-refractivity contribution in [2.75, 3.05) is 32.7 Å². The van der Waals surface area contributed by atoms with Crippen molar-refractivity contribution in [3.8, 4) is 0 Å². The van der Waals surface area contributed by atoms with E-state index in [1.807, 2.05) is 0 Å². The molecule has 2 aliphatic heterocycles. The lowest BCUT2D eigenvalue weighted by molar-refractivity contribution is -0.144. The SMILES string of the molecule is CCCN1CCCC(N2CCCC(C(=O)O)C2)CC1. The second-order valence-electron chi connectivity index (χ2n) is 6.10. The first-order valence-electron chi connectivity index (χ1n) is 7.90. The molecule has 110 valence electrons. The van der Waals surface area contributed by atoms with Gasteiger partial charge in [0.2, 0.25) is 0 Å². The topological polar surface area (TPSA) is 43.8 Å². The molecule has 0 saturated carbocycles. The third kappa shape index (κ3) is 4.18. The number of carboxylic acids is 1. The highest BCUT2D eigenvalue weighted by molar-refractivity contribution is 5.70. The van der Waals surface area contributed by atoms with Crippen LogP contribution in [0.25, 0.3) is 0 Å². The molecule has 2 rings (SSSR count). The third-order valence-corrected chi connectivity index (χ3v) is 4.65. The molecule has 2 aliphatic rings. The Morgan fingerprint density at radius 2 is 1.95 bits per heavy atom. The molecule has 0 aromatic heterocycles. The van der Waals surface area contributed by atoms with Crippen molar-refractivity contribution in [1.29, 1.82) is 0 Å². The van der Waals surface area contributed by atoms with Crippen LogP contribution in [0.3, 0.4) is 0 Å². The maximum atomic E-state index is 11.2. The molecule has 1 N–H and O–H groups in total. The average molecular weight is 268 g/mol. The molecule has 0 aliphatic carbocycles. The molecule has 2 unspecified atom stereocenters. The van der Waals surface area contributed by atoms with E-state index in [0.29, 0.717) is 6.04 Å². The first-order valence-corrected chi connectivity index (χ1v) is 7.90. The fourth-order valence-electron chi connectivity index (χ4n) is 3.58. The number of hydrogen-bond donors (Lipinski definition) is 1. The fourth-order valence-corrected chi connectivity index (χ4v) is 3.58. The molecule has 0 aromatic rings. The zero-order chi connectivity index (χ0) is 13.7. The highest BCUT2D eigenvalue weighted by Crippen LogP contribution is 2.24. The Bertz CT molecular complexity index is 296. The number of rotatable bonds is 4. The molecule has 4 heteroatoms. The molecule has 0 amide bonds. The summed E-state index contributed by atoms with van der Waals surface area (Å²) in [7, 11) is 0. The number of hydrogen-bond acceptors (Lipinski definition) is 3. The average Bonchev–Trinajstić information content (AvgIpc) is 2.65. The van der Waals surface area contributed by atoms with Gasteiger partial charge in [-0.3, -0.25) is 9.69 Å². The van der Waals surface area contributed by atoms with Crippen LogP contribution >= 0.6 is 0 Å². The lowest BCUT2D eigenvalue weighted by Crippen LogP contribution is -2.45. The van der Waals surface area contributed by atoms with Gasteiger partial charge in [0.1, 0.15) is 0 Å². The molecule has 2 heterocycles. The predicted molar refractivity (Wildman–Crippen MR) is 76.3 cm³/mol. The Balaban J connectivity index is 1.85. The standard InChI is InChI=1S/C15H28N2O2/c1-2-8-16-9-4-6-14(7-11-16)17-10-3-5-13(12-17)15(18)19/h13-14H,2-12H2,1H3,(H,18,19). The van der Waals surface area contributed by atoms with E-state index in [0.717, 1.165) is 25.9 Å². The third-order valence-electron chi connectivity index (χ3n) is 4.65. The molecule has 0 radical (unpaired) electrons. The van der Waals surface area contributed by atoms with E-state index in [1.165, 1.54) is 45.3 Å². The molecule has 4 nitrogen and oxygen atoms in total. The highest BCUT2D eigenvalue weighted by Gasteiger charge is 2.30. The van der Waals surface area contributed by atoms with Crippen LogP contribution in [0.5, 0.6) is 0 Å². The molecule has 0 spiro atoms. The van der Waals surface area contributed by atoms with Gasteiger partial charge < -0.3 is 10.0 Å². The van der Waals surface area contributed by atoms with Crippen molar-refractivity contribution in [2.45, 2.75) is 51.5 Å². The maximum absolute atomic E-state index is 11.2. The van der Waals surface area contributed by atoms with Gasteiger partial charge in [-0.05, 0) is 64.7 Å². The highest BCUT2D eigenvalue weighted by atomic mass is 16.4. The Kier molecular flexibility index (Phi) is 5.64. The van der Waals surface area contributed by atoms with Gasteiger partial charge in [-0.25, -0.2) is 0 Å². The van der Waals surface area contributed by atoms with Crippen molar-refractivity contribution in [1.82, 2.24) is 9.80 Å². The maximum Gasteiger partial charge on any atom is 0.307 e. The second-order valence-corrected chi connectivity index (χ2v) is 6.10.